The summed E-state index contributed by atoms with van der Waals surface area (Å²) in [5.74, 6) is 0. The van der Waals surface area contributed by atoms with Crippen molar-refractivity contribution in [1.82, 2.24) is 20.4 Å². The molecule has 8 nitrogen and oxygen atoms in total. The summed E-state index contributed by atoms with van der Waals surface area (Å²) in [7, 11) is 0. The van der Waals surface area contributed by atoms with Crippen LogP contribution in [-0.2, 0) is 22.7 Å². The van der Waals surface area contributed by atoms with Gasteiger partial charge >= 0.3 is 12.2 Å². The SMILES string of the molecule is O=C(OCc1ccccc1)N1CC2(CNC2)C1.O=C(OCc1ccccc1)N1CC2(CNC2)C1. The Hall–Kier alpha value is -3.10. The number of ether oxygens (including phenoxy) is 2. The number of nitrogens with zero attached hydrogens (tertiary/aromatic N) is 2. The largest absolute Gasteiger partial charge is 0.445 e. The minimum absolute atomic E-state index is 0.189. The smallest absolute Gasteiger partial charge is 0.410 e. The molecule has 2 spiro atoms. The van der Waals surface area contributed by atoms with Gasteiger partial charge in [-0.25, -0.2) is 9.59 Å². The number of amides is 2. The van der Waals surface area contributed by atoms with E-state index in [0.717, 1.165) is 63.5 Å². The Morgan fingerprint density at radius 2 is 1.00 bits per heavy atom. The molecule has 2 aromatic carbocycles. The molecule has 0 atom stereocenters. The number of carbonyl (C=O) groups is 2. The number of hydrogen-bond donors (Lipinski definition) is 2. The zero-order chi connectivity index (χ0) is 23.4. The topological polar surface area (TPSA) is 83.1 Å². The molecule has 4 heterocycles. The maximum Gasteiger partial charge on any atom is 0.410 e. The summed E-state index contributed by atoms with van der Waals surface area (Å²) >= 11 is 0. The lowest BCUT2D eigenvalue weighted by Gasteiger charge is -2.55. The Bertz CT molecular complexity index is 895. The molecule has 2 N–H and O–H groups in total. The summed E-state index contributed by atoms with van der Waals surface area (Å²) in [6.45, 7) is 8.24. The van der Waals surface area contributed by atoms with E-state index >= 15 is 0 Å². The maximum absolute atomic E-state index is 11.7. The zero-order valence-electron chi connectivity index (χ0n) is 19.4. The molecule has 4 aliphatic heterocycles. The average molecular weight is 465 g/mol. The molecule has 0 aromatic heterocycles. The molecular formula is C26H32N4O4. The molecule has 34 heavy (non-hydrogen) atoms. The number of likely N-dealkylation sites (tertiary alicyclic amines) is 2. The molecule has 2 aromatic rings. The first-order chi connectivity index (χ1) is 16.5. The van der Waals surface area contributed by atoms with Crippen molar-refractivity contribution in [1.29, 1.82) is 0 Å². The van der Waals surface area contributed by atoms with E-state index in [0.29, 0.717) is 24.0 Å². The third kappa shape index (κ3) is 5.03. The molecule has 2 amide bonds. The maximum atomic E-state index is 11.7. The van der Waals surface area contributed by atoms with Crippen LogP contribution in [0.15, 0.2) is 60.7 Å². The highest BCUT2D eigenvalue weighted by Crippen LogP contribution is 2.35. The van der Waals surface area contributed by atoms with Gasteiger partial charge in [0.05, 0.1) is 0 Å². The highest BCUT2D eigenvalue weighted by molar-refractivity contribution is 5.69. The molecule has 0 unspecified atom stereocenters. The number of rotatable bonds is 4. The van der Waals surface area contributed by atoms with E-state index in [1.54, 1.807) is 9.80 Å². The third-order valence-electron chi connectivity index (χ3n) is 7.03. The number of benzene rings is 2. The molecule has 6 rings (SSSR count). The predicted octanol–water partition coefficient (Wildman–Crippen LogP) is 2.46. The first-order valence-electron chi connectivity index (χ1n) is 11.9. The van der Waals surface area contributed by atoms with Crippen molar-refractivity contribution < 1.29 is 19.1 Å². The Kier molecular flexibility index (Phi) is 6.43. The molecule has 180 valence electrons. The van der Waals surface area contributed by atoms with Crippen molar-refractivity contribution in [2.24, 2.45) is 10.8 Å². The minimum Gasteiger partial charge on any atom is -0.445 e. The first kappa shape index (κ1) is 22.7. The first-order valence-corrected chi connectivity index (χ1v) is 11.9. The fourth-order valence-electron chi connectivity index (χ4n) is 4.81. The highest BCUT2D eigenvalue weighted by atomic mass is 16.6. The summed E-state index contributed by atoms with van der Waals surface area (Å²) in [6.07, 6.45) is -0.377. The summed E-state index contributed by atoms with van der Waals surface area (Å²) in [6, 6.07) is 19.5. The van der Waals surface area contributed by atoms with Crippen LogP contribution >= 0.6 is 0 Å². The molecule has 4 fully saturated rings. The standard InChI is InChI=1S/2C13H16N2O2/c2*16-12(15-9-13(10-15)7-14-8-13)17-6-11-4-2-1-3-5-11/h2*1-5,14H,6-10H2. The molecule has 0 radical (unpaired) electrons. The highest BCUT2D eigenvalue weighted by Gasteiger charge is 2.50. The van der Waals surface area contributed by atoms with Crippen LogP contribution in [0.25, 0.3) is 0 Å². The number of carbonyl (C=O) groups excluding carboxylic acids is 2. The molecule has 0 saturated carbocycles. The molecule has 8 heteroatoms. The van der Waals surface area contributed by atoms with Crippen LogP contribution in [0.2, 0.25) is 0 Å². The van der Waals surface area contributed by atoms with Gasteiger partial charge < -0.3 is 29.9 Å². The Balaban J connectivity index is 0.000000142. The van der Waals surface area contributed by atoms with E-state index in [2.05, 4.69) is 10.6 Å². The molecule has 4 saturated heterocycles. The van der Waals surface area contributed by atoms with Crippen LogP contribution in [-0.4, -0.2) is 74.3 Å². The van der Waals surface area contributed by atoms with Crippen LogP contribution in [0.5, 0.6) is 0 Å². The van der Waals surface area contributed by atoms with Crippen molar-refractivity contribution in [2.45, 2.75) is 13.2 Å². The normalized spacial score (nSPS) is 20.6. The summed E-state index contributed by atoms with van der Waals surface area (Å²) in [5, 5.41) is 6.48. The van der Waals surface area contributed by atoms with Crippen LogP contribution < -0.4 is 10.6 Å². The second-order valence-corrected chi connectivity index (χ2v) is 10.00. The number of hydrogen-bond acceptors (Lipinski definition) is 6. The lowest BCUT2D eigenvalue weighted by Crippen LogP contribution is -2.71. The quantitative estimate of drug-likeness (QED) is 0.723. The van der Waals surface area contributed by atoms with Gasteiger partial charge in [-0.05, 0) is 11.1 Å². The van der Waals surface area contributed by atoms with Crippen molar-refractivity contribution in [3.8, 4) is 0 Å². The van der Waals surface area contributed by atoms with Crippen LogP contribution in [0.4, 0.5) is 9.59 Å². The molecule has 0 aliphatic carbocycles. The zero-order valence-corrected chi connectivity index (χ0v) is 19.4. The Morgan fingerprint density at radius 3 is 1.29 bits per heavy atom. The van der Waals surface area contributed by atoms with E-state index in [9.17, 15) is 9.59 Å². The van der Waals surface area contributed by atoms with Gasteiger partial charge in [-0.15, -0.1) is 0 Å². The average Bonchev–Trinajstić information content (AvgIpc) is 2.74. The Morgan fingerprint density at radius 1 is 0.647 bits per heavy atom. The van der Waals surface area contributed by atoms with Gasteiger partial charge in [0.2, 0.25) is 0 Å². The lowest BCUT2D eigenvalue weighted by molar-refractivity contribution is -0.0366. The lowest BCUT2D eigenvalue weighted by atomic mass is 9.75. The van der Waals surface area contributed by atoms with E-state index < -0.39 is 0 Å². The van der Waals surface area contributed by atoms with Crippen molar-refractivity contribution in [3.05, 3.63) is 71.8 Å². The fraction of sp³-hybridized carbons (Fsp3) is 0.462. The summed E-state index contributed by atoms with van der Waals surface area (Å²) in [4.78, 5) is 27.0. The van der Waals surface area contributed by atoms with Gasteiger partial charge in [0, 0.05) is 63.2 Å². The second-order valence-electron chi connectivity index (χ2n) is 10.00. The van der Waals surface area contributed by atoms with E-state index in [1.165, 1.54) is 0 Å². The molecular weight excluding hydrogens is 432 g/mol. The van der Waals surface area contributed by atoms with Crippen LogP contribution in [0.3, 0.4) is 0 Å². The van der Waals surface area contributed by atoms with Crippen molar-refractivity contribution in [2.75, 3.05) is 52.4 Å². The number of nitrogens with one attached hydrogen (secondary N) is 2. The second kappa shape index (κ2) is 9.64. The van der Waals surface area contributed by atoms with Crippen LogP contribution in [0.1, 0.15) is 11.1 Å². The van der Waals surface area contributed by atoms with Gasteiger partial charge in [0.25, 0.3) is 0 Å². The minimum atomic E-state index is -0.189. The fourth-order valence-corrected chi connectivity index (χ4v) is 4.81. The van der Waals surface area contributed by atoms with Crippen LogP contribution in [0, 0.1) is 10.8 Å². The van der Waals surface area contributed by atoms with E-state index in [1.807, 2.05) is 60.7 Å². The van der Waals surface area contributed by atoms with Gasteiger partial charge in [-0.2, -0.15) is 0 Å². The summed E-state index contributed by atoms with van der Waals surface area (Å²) in [5.41, 5.74) is 2.79. The predicted molar refractivity (Wildman–Crippen MR) is 127 cm³/mol. The summed E-state index contributed by atoms with van der Waals surface area (Å²) < 4.78 is 10.5. The molecule has 4 aliphatic rings. The van der Waals surface area contributed by atoms with E-state index in [-0.39, 0.29) is 12.2 Å². The molecule has 0 bridgehead atoms. The van der Waals surface area contributed by atoms with Gasteiger partial charge in [-0.1, -0.05) is 60.7 Å². The monoisotopic (exact) mass is 464 g/mol. The van der Waals surface area contributed by atoms with Crippen molar-refractivity contribution >= 4 is 12.2 Å². The van der Waals surface area contributed by atoms with Gasteiger partial charge in [-0.3, -0.25) is 0 Å². The van der Waals surface area contributed by atoms with Crippen molar-refractivity contribution in [3.63, 3.8) is 0 Å². The van der Waals surface area contributed by atoms with Gasteiger partial charge in [0.1, 0.15) is 13.2 Å². The Labute approximate surface area is 200 Å². The van der Waals surface area contributed by atoms with E-state index in [4.69, 9.17) is 9.47 Å². The third-order valence-corrected chi connectivity index (χ3v) is 7.03. The van der Waals surface area contributed by atoms with Gasteiger partial charge in [0.15, 0.2) is 0 Å².